The Morgan fingerprint density at radius 2 is 1.79 bits per heavy atom. The molecule has 0 saturated carbocycles. The lowest BCUT2D eigenvalue weighted by molar-refractivity contribution is 0.234. The lowest BCUT2D eigenvalue weighted by atomic mass is 10.2. The number of alkyl halides is 2. The summed E-state index contributed by atoms with van der Waals surface area (Å²) < 4.78 is 50.0. The molecule has 10 heteroatoms. The fourth-order valence-corrected chi connectivity index (χ4v) is 5.75. The van der Waals surface area contributed by atoms with Crippen molar-refractivity contribution in [2.24, 2.45) is 0 Å². The van der Waals surface area contributed by atoms with Gasteiger partial charge in [-0.15, -0.1) is 11.3 Å². The van der Waals surface area contributed by atoms with Gasteiger partial charge < -0.3 is 0 Å². The number of aromatic nitrogens is 2. The van der Waals surface area contributed by atoms with Gasteiger partial charge in [-0.25, -0.2) is 13.4 Å². The summed E-state index contributed by atoms with van der Waals surface area (Å²) in [5, 5.41) is 1.22. The van der Waals surface area contributed by atoms with Crippen molar-refractivity contribution in [3.05, 3.63) is 50.6 Å². The molecule has 29 heavy (non-hydrogen) atoms. The van der Waals surface area contributed by atoms with Gasteiger partial charge in [0.05, 0.1) is 10.3 Å². The first kappa shape index (κ1) is 21.9. The third kappa shape index (κ3) is 4.10. The monoisotopic (exact) mass is 458 g/mol. The zero-order valence-corrected chi connectivity index (χ0v) is 18.7. The molecule has 0 aliphatic carbocycles. The van der Waals surface area contributed by atoms with Crippen LogP contribution in [0.5, 0.6) is 0 Å². The third-order valence-electron chi connectivity index (χ3n) is 4.57. The van der Waals surface area contributed by atoms with E-state index in [1.807, 2.05) is 27.7 Å². The highest BCUT2D eigenvalue weighted by Gasteiger charge is 2.26. The van der Waals surface area contributed by atoms with E-state index in [1.165, 1.54) is 47.4 Å². The van der Waals surface area contributed by atoms with Crippen molar-refractivity contribution in [3.63, 3.8) is 0 Å². The average molecular weight is 459 g/mol. The Bertz CT molecular complexity index is 1210. The number of sulfone groups is 1. The van der Waals surface area contributed by atoms with Gasteiger partial charge >= 0.3 is 5.76 Å². The summed E-state index contributed by atoms with van der Waals surface area (Å²) in [6.45, 7) is 7.71. The SMILES string of the molecule is Cc1sc2nc(SCc3ccc(S(=O)(=O)C(F)F)cc3)n(C(C)C)c(=O)c2c1C. The fourth-order valence-electron chi connectivity index (χ4n) is 2.87. The van der Waals surface area contributed by atoms with E-state index in [0.717, 1.165) is 16.0 Å². The maximum Gasteiger partial charge on any atom is 0.341 e. The molecule has 3 aromatic rings. The lowest BCUT2D eigenvalue weighted by Crippen LogP contribution is -2.24. The Labute approximate surface area is 175 Å². The van der Waals surface area contributed by atoms with Crippen molar-refractivity contribution < 1.29 is 17.2 Å². The second kappa shape index (κ2) is 8.16. The molecule has 0 bridgehead atoms. The van der Waals surface area contributed by atoms with Gasteiger partial charge in [-0.1, -0.05) is 23.9 Å². The molecule has 0 saturated heterocycles. The van der Waals surface area contributed by atoms with Gasteiger partial charge in [0, 0.05) is 16.7 Å². The summed E-state index contributed by atoms with van der Waals surface area (Å²) in [6, 6.07) is 5.27. The van der Waals surface area contributed by atoms with Crippen molar-refractivity contribution in [2.75, 3.05) is 0 Å². The van der Waals surface area contributed by atoms with Gasteiger partial charge in [-0.05, 0) is 51.0 Å². The molecule has 0 amide bonds. The molecule has 0 fully saturated rings. The molecule has 0 aliphatic rings. The van der Waals surface area contributed by atoms with Crippen LogP contribution in [0.1, 0.15) is 35.9 Å². The molecule has 2 aromatic heterocycles. The van der Waals surface area contributed by atoms with E-state index < -0.39 is 20.5 Å². The Morgan fingerprint density at radius 1 is 1.17 bits per heavy atom. The van der Waals surface area contributed by atoms with E-state index in [0.29, 0.717) is 21.1 Å². The molecule has 0 N–H and O–H groups in total. The Hall–Kier alpha value is -1.78. The van der Waals surface area contributed by atoms with Gasteiger partial charge in [-0.3, -0.25) is 9.36 Å². The Balaban J connectivity index is 1.93. The first-order chi connectivity index (χ1) is 13.5. The van der Waals surface area contributed by atoms with Crippen LogP contribution in [-0.4, -0.2) is 23.7 Å². The first-order valence-corrected chi connectivity index (χ1v) is 12.1. The number of hydrogen-bond donors (Lipinski definition) is 0. The van der Waals surface area contributed by atoms with Crippen molar-refractivity contribution in [3.8, 4) is 0 Å². The molecule has 5 nitrogen and oxygen atoms in total. The van der Waals surface area contributed by atoms with Gasteiger partial charge in [0.25, 0.3) is 5.56 Å². The van der Waals surface area contributed by atoms with Gasteiger partial charge in [0.1, 0.15) is 4.83 Å². The number of nitrogens with zero attached hydrogens (tertiary/aromatic N) is 2. The Morgan fingerprint density at radius 3 is 2.34 bits per heavy atom. The number of hydrogen-bond acceptors (Lipinski definition) is 6. The molecular weight excluding hydrogens is 438 g/mol. The van der Waals surface area contributed by atoms with Crippen LogP contribution in [-0.2, 0) is 15.6 Å². The van der Waals surface area contributed by atoms with Crippen molar-refractivity contribution in [1.82, 2.24) is 9.55 Å². The number of thiophene rings is 1. The zero-order chi connectivity index (χ0) is 21.5. The average Bonchev–Trinajstić information content (AvgIpc) is 2.94. The third-order valence-corrected chi connectivity index (χ3v) is 8.10. The lowest BCUT2D eigenvalue weighted by Gasteiger charge is -2.15. The van der Waals surface area contributed by atoms with E-state index in [4.69, 9.17) is 0 Å². The highest BCUT2D eigenvalue weighted by atomic mass is 32.2. The van der Waals surface area contributed by atoms with Crippen LogP contribution in [0.15, 0.2) is 39.1 Å². The van der Waals surface area contributed by atoms with Crippen molar-refractivity contribution in [2.45, 2.75) is 55.3 Å². The van der Waals surface area contributed by atoms with Crippen LogP contribution in [0.2, 0.25) is 0 Å². The summed E-state index contributed by atoms with van der Waals surface area (Å²) in [7, 11) is -4.61. The molecular formula is C19H20F2N2O3S3. The molecule has 0 radical (unpaired) electrons. The predicted molar refractivity (Wildman–Crippen MR) is 113 cm³/mol. The van der Waals surface area contributed by atoms with E-state index in [-0.39, 0.29) is 11.6 Å². The largest absolute Gasteiger partial charge is 0.341 e. The molecule has 0 aliphatic heterocycles. The predicted octanol–water partition coefficient (Wildman–Crippen LogP) is 4.94. The maximum absolute atomic E-state index is 13.0. The van der Waals surface area contributed by atoms with E-state index in [2.05, 4.69) is 4.98 Å². The van der Waals surface area contributed by atoms with E-state index >= 15 is 0 Å². The molecule has 3 rings (SSSR count). The second-order valence-corrected chi connectivity index (χ2v) is 10.9. The molecule has 0 spiro atoms. The summed E-state index contributed by atoms with van der Waals surface area (Å²) in [6.07, 6.45) is 0. The van der Waals surface area contributed by atoms with Crippen LogP contribution >= 0.6 is 23.1 Å². The second-order valence-electron chi connectivity index (χ2n) is 6.86. The number of halogens is 2. The molecule has 2 heterocycles. The van der Waals surface area contributed by atoms with Gasteiger partial charge in [-0.2, -0.15) is 8.78 Å². The summed E-state index contributed by atoms with van der Waals surface area (Å²) in [5.41, 5.74) is 1.61. The molecule has 156 valence electrons. The van der Waals surface area contributed by atoms with Crippen LogP contribution in [0, 0.1) is 13.8 Å². The topological polar surface area (TPSA) is 69.0 Å². The quantitative estimate of drug-likeness (QED) is 0.386. The summed E-state index contributed by atoms with van der Waals surface area (Å²) in [4.78, 5) is 19.1. The van der Waals surface area contributed by atoms with Crippen LogP contribution in [0.4, 0.5) is 8.78 Å². The molecule has 0 atom stereocenters. The minimum Gasteiger partial charge on any atom is -0.284 e. The van der Waals surface area contributed by atoms with Gasteiger partial charge in [0.2, 0.25) is 9.84 Å². The number of thioether (sulfide) groups is 1. The fraction of sp³-hybridized carbons (Fsp3) is 0.368. The minimum absolute atomic E-state index is 0.0762. The van der Waals surface area contributed by atoms with Crippen LogP contribution in [0.3, 0.4) is 0 Å². The van der Waals surface area contributed by atoms with Crippen molar-refractivity contribution in [1.29, 1.82) is 0 Å². The van der Waals surface area contributed by atoms with E-state index in [9.17, 15) is 22.0 Å². The maximum atomic E-state index is 13.0. The summed E-state index contributed by atoms with van der Waals surface area (Å²) >= 11 is 2.83. The number of benzene rings is 1. The number of aryl methyl sites for hydroxylation is 2. The molecule has 1 aromatic carbocycles. The normalized spacial score (nSPS) is 12.4. The van der Waals surface area contributed by atoms with Gasteiger partial charge in [0.15, 0.2) is 5.16 Å². The summed E-state index contributed by atoms with van der Waals surface area (Å²) in [5.74, 6) is -3.03. The standard InChI is InChI=1S/C19H20F2N2O3S3/c1-10(2)23-17(24)15-11(3)12(4)28-16(15)22-19(23)27-9-13-5-7-14(8-6-13)29(25,26)18(20)21/h5-8,10,18H,9H2,1-4H3. The Kier molecular flexibility index (Phi) is 6.16. The highest BCUT2D eigenvalue weighted by molar-refractivity contribution is 7.98. The molecule has 0 unspecified atom stereocenters. The zero-order valence-electron chi connectivity index (χ0n) is 16.3. The minimum atomic E-state index is -4.61. The van der Waals surface area contributed by atoms with Crippen LogP contribution < -0.4 is 5.56 Å². The first-order valence-electron chi connectivity index (χ1n) is 8.80. The van der Waals surface area contributed by atoms with E-state index in [1.54, 1.807) is 4.57 Å². The highest BCUT2D eigenvalue weighted by Crippen LogP contribution is 2.31. The smallest absolute Gasteiger partial charge is 0.284 e. The number of rotatable bonds is 6. The number of fused-ring (bicyclic) bond motifs is 1. The van der Waals surface area contributed by atoms with Crippen LogP contribution in [0.25, 0.3) is 10.2 Å². The van der Waals surface area contributed by atoms with Crippen molar-refractivity contribution >= 4 is 43.2 Å².